The highest BCUT2D eigenvalue weighted by Crippen LogP contribution is 2.22. The Morgan fingerprint density at radius 3 is 2.50 bits per heavy atom. The van der Waals surface area contributed by atoms with Crippen molar-refractivity contribution in [1.82, 2.24) is 15.1 Å². The van der Waals surface area contributed by atoms with Crippen molar-refractivity contribution in [1.29, 1.82) is 0 Å². The largest absolute Gasteiger partial charge is 0.366 e. The molecule has 2 heterocycles. The maximum Gasteiger partial charge on any atom is 0.285 e. The number of aromatic nitrogens is 2. The second-order valence-electron chi connectivity index (χ2n) is 5.59. The molecule has 0 bridgehead atoms. The van der Waals surface area contributed by atoms with E-state index in [4.69, 9.17) is 11.6 Å². The van der Waals surface area contributed by atoms with Gasteiger partial charge in [0.15, 0.2) is 0 Å². The summed E-state index contributed by atoms with van der Waals surface area (Å²) < 4.78 is 0. The molecule has 1 aliphatic rings. The molecule has 0 atom stereocenters. The SMILES string of the molecule is CC.Cc1ccccc1CN1CCN(c2cn[nH]c(=O)c2Cl)CC1. The molecule has 1 aromatic carbocycles. The van der Waals surface area contributed by atoms with Crippen LogP contribution in [-0.2, 0) is 6.54 Å². The van der Waals surface area contributed by atoms with Gasteiger partial charge < -0.3 is 4.90 Å². The first-order chi connectivity index (χ1) is 11.6. The minimum atomic E-state index is -0.332. The fourth-order valence-electron chi connectivity index (χ4n) is 2.77. The van der Waals surface area contributed by atoms with Crippen LogP contribution < -0.4 is 10.5 Å². The summed E-state index contributed by atoms with van der Waals surface area (Å²) in [5.74, 6) is 0. The molecule has 24 heavy (non-hydrogen) atoms. The van der Waals surface area contributed by atoms with Gasteiger partial charge >= 0.3 is 0 Å². The van der Waals surface area contributed by atoms with E-state index < -0.39 is 0 Å². The maximum absolute atomic E-state index is 11.5. The van der Waals surface area contributed by atoms with Crippen LogP contribution in [0.3, 0.4) is 0 Å². The molecule has 3 rings (SSSR count). The normalized spacial score (nSPS) is 14.9. The second kappa shape index (κ2) is 8.85. The summed E-state index contributed by atoms with van der Waals surface area (Å²) in [7, 11) is 0. The quantitative estimate of drug-likeness (QED) is 0.926. The number of aromatic amines is 1. The highest BCUT2D eigenvalue weighted by Gasteiger charge is 2.20. The van der Waals surface area contributed by atoms with Crippen molar-refractivity contribution < 1.29 is 0 Å². The minimum Gasteiger partial charge on any atom is -0.366 e. The number of aryl methyl sites for hydroxylation is 1. The highest BCUT2D eigenvalue weighted by molar-refractivity contribution is 6.32. The van der Waals surface area contributed by atoms with Crippen molar-refractivity contribution in [3.05, 3.63) is 57.0 Å². The van der Waals surface area contributed by atoms with Crippen LogP contribution >= 0.6 is 11.6 Å². The van der Waals surface area contributed by atoms with E-state index in [1.54, 1.807) is 6.20 Å². The Kier molecular flexibility index (Phi) is 6.82. The van der Waals surface area contributed by atoms with Crippen molar-refractivity contribution in [3.63, 3.8) is 0 Å². The zero-order valence-electron chi connectivity index (χ0n) is 14.6. The van der Waals surface area contributed by atoms with Crippen LogP contribution in [0.15, 0.2) is 35.3 Å². The average Bonchev–Trinajstić information content (AvgIpc) is 2.62. The summed E-state index contributed by atoms with van der Waals surface area (Å²) in [5, 5.41) is 6.42. The summed E-state index contributed by atoms with van der Waals surface area (Å²) in [6, 6.07) is 8.48. The first kappa shape index (κ1) is 18.5. The Balaban J connectivity index is 0.00000100. The van der Waals surface area contributed by atoms with E-state index in [1.807, 2.05) is 13.8 Å². The molecule has 0 radical (unpaired) electrons. The lowest BCUT2D eigenvalue weighted by Crippen LogP contribution is -2.46. The number of benzene rings is 1. The van der Waals surface area contributed by atoms with E-state index in [9.17, 15) is 4.79 Å². The van der Waals surface area contributed by atoms with Crippen molar-refractivity contribution >= 4 is 17.3 Å². The van der Waals surface area contributed by atoms with E-state index in [-0.39, 0.29) is 10.6 Å². The van der Waals surface area contributed by atoms with Gasteiger partial charge in [-0.05, 0) is 18.1 Å². The van der Waals surface area contributed by atoms with Crippen LogP contribution in [0.1, 0.15) is 25.0 Å². The molecule has 1 saturated heterocycles. The van der Waals surface area contributed by atoms with Gasteiger partial charge in [0, 0.05) is 32.7 Å². The fourth-order valence-corrected chi connectivity index (χ4v) is 2.98. The third-order valence-corrected chi connectivity index (χ3v) is 4.51. The van der Waals surface area contributed by atoms with Gasteiger partial charge in [-0.15, -0.1) is 0 Å². The van der Waals surface area contributed by atoms with Gasteiger partial charge in [0.05, 0.1) is 11.9 Å². The predicted octanol–water partition coefficient (Wildman–Crippen LogP) is 3.08. The number of piperazine rings is 1. The Morgan fingerprint density at radius 1 is 1.17 bits per heavy atom. The molecule has 6 heteroatoms. The first-order valence-corrected chi connectivity index (χ1v) is 8.78. The highest BCUT2D eigenvalue weighted by atomic mass is 35.5. The summed E-state index contributed by atoms with van der Waals surface area (Å²) in [6.45, 7) is 10.7. The van der Waals surface area contributed by atoms with Gasteiger partial charge in [-0.2, -0.15) is 5.10 Å². The van der Waals surface area contributed by atoms with E-state index in [1.165, 1.54) is 11.1 Å². The zero-order chi connectivity index (χ0) is 17.5. The van der Waals surface area contributed by atoms with Crippen LogP contribution in [0.5, 0.6) is 0 Å². The number of H-pyrrole nitrogens is 1. The molecule has 130 valence electrons. The number of nitrogens with zero attached hydrogens (tertiary/aromatic N) is 3. The molecule has 1 aromatic heterocycles. The van der Waals surface area contributed by atoms with Crippen LogP contribution in [-0.4, -0.2) is 41.3 Å². The zero-order valence-corrected chi connectivity index (χ0v) is 15.3. The van der Waals surface area contributed by atoms with Crippen LogP contribution in [0.2, 0.25) is 5.02 Å². The molecule has 5 nitrogen and oxygen atoms in total. The smallest absolute Gasteiger partial charge is 0.285 e. The first-order valence-electron chi connectivity index (χ1n) is 8.40. The van der Waals surface area contributed by atoms with Crippen molar-refractivity contribution in [2.75, 3.05) is 31.1 Å². The molecule has 0 amide bonds. The number of halogens is 1. The Labute approximate surface area is 148 Å². The Morgan fingerprint density at radius 2 is 1.83 bits per heavy atom. The maximum atomic E-state index is 11.5. The molecule has 0 aliphatic carbocycles. The molecular weight excluding hydrogens is 324 g/mol. The lowest BCUT2D eigenvalue weighted by Gasteiger charge is -2.36. The topological polar surface area (TPSA) is 52.2 Å². The lowest BCUT2D eigenvalue weighted by atomic mass is 10.1. The minimum absolute atomic E-state index is 0.224. The van der Waals surface area contributed by atoms with Crippen LogP contribution in [0.25, 0.3) is 0 Å². The van der Waals surface area contributed by atoms with Crippen LogP contribution in [0.4, 0.5) is 5.69 Å². The fraction of sp³-hybridized carbons (Fsp3) is 0.444. The average molecular weight is 349 g/mol. The standard InChI is InChI=1S/C16H19ClN4O.C2H6/c1-12-4-2-3-5-13(12)11-20-6-8-21(9-7-20)14-10-18-19-16(22)15(14)17;1-2/h2-5,10H,6-9,11H2,1H3,(H,19,22);1-2H3. The molecule has 1 N–H and O–H groups in total. The number of nitrogens with one attached hydrogen (secondary N) is 1. The summed E-state index contributed by atoms with van der Waals surface area (Å²) in [6.07, 6.45) is 1.63. The molecular formula is C18H25ClN4O. The molecule has 0 saturated carbocycles. The Hall–Kier alpha value is -1.85. The second-order valence-corrected chi connectivity index (χ2v) is 5.97. The molecule has 0 unspecified atom stereocenters. The van der Waals surface area contributed by atoms with Crippen LogP contribution in [0, 0.1) is 6.92 Å². The van der Waals surface area contributed by atoms with Gasteiger partial charge in [0.25, 0.3) is 5.56 Å². The summed E-state index contributed by atoms with van der Waals surface area (Å²) >= 11 is 6.07. The van der Waals surface area contributed by atoms with E-state index >= 15 is 0 Å². The molecule has 0 spiro atoms. The van der Waals surface area contributed by atoms with Gasteiger partial charge in [-0.25, -0.2) is 5.10 Å². The van der Waals surface area contributed by atoms with Gasteiger partial charge in [0.2, 0.25) is 0 Å². The van der Waals surface area contributed by atoms with Gasteiger partial charge in [0.1, 0.15) is 5.02 Å². The number of hydrogen-bond acceptors (Lipinski definition) is 4. The predicted molar refractivity (Wildman–Crippen MR) is 99.9 cm³/mol. The van der Waals surface area contributed by atoms with Crippen molar-refractivity contribution in [2.24, 2.45) is 0 Å². The van der Waals surface area contributed by atoms with Gasteiger partial charge in [-0.3, -0.25) is 9.69 Å². The third-order valence-electron chi connectivity index (χ3n) is 4.15. The monoisotopic (exact) mass is 348 g/mol. The third kappa shape index (κ3) is 4.36. The van der Waals surface area contributed by atoms with E-state index in [2.05, 4.69) is 51.2 Å². The summed E-state index contributed by atoms with van der Waals surface area (Å²) in [5.41, 5.74) is 3.08. The number of hydrogen-bond donors (Lipinski definition) is 1. The molecule has 1 fully saturated rings. The van der Waals surface area contributed by atoms with E-state index in [0.29, 0.717) is 0 Å². The van der Waals surface area contributed by atoms with Gasteiger partial charge in [-0.1, -0.05) is 49.7 Å². The Bertz CT molecular complexity index is 708. The van der Waals surface area contributed by atoms with Crippen molar-refractivity contribution in [2.45, 2.75) is 27.3 Å². The van der Waals surface area contributed by atoms with E-state index in [0.717, 1.165) is 38.4 Å². The summed E-state index contributed by atoms with van der Waals surface area (Å²) in [4.78, 5) is 16.1. The molecule has 2 aromatic rings. The number of rotatable bonds is 3. The number of anilines is 1. The lowest BCUT2D eigenvalue weighted by molar-refractivity contribution is 0.249. The van der Waals surface area contributed by atoms with Crippen molar-refractivity contribution in [3.8, 4) is 0 Å². The molecule has 1 aliphatic heterocycles.